The van der Waals surface area contributed by atoms with Gasteiger partial charge in [0, 0.05) is 17.9 Å². The molecule has 0 unspecified atom stereocenters. The minimum Gasteiger partial charge on any atom is -0.425 e. The molecule has 0 radical (unpaired) electrons. The van der Waals surface area contributed by atoms with E-state index in [0.717, 1.165) is 5.56 Å². The zero-order valence-corrected chi connectivity index (χ0v) is 18.8. The largest absolute Gasteiger partial charge is 0.425 e. The molecule has 0 saturated carbocycles. The summed E-state index contributed by atoms with van der Waals surface area (Å²) in [5.41, 5.74) is 0.928. The van der Waals surface area contributed by atoms with Gasteiger partial charge in [-0.3, -0.25) is 4.79 Å². The van der Waals surface area contributed by atoms with Crippen molar-refractivity contribution in [3.05, 3.63) is 83.7 Å². The van der Waals surface area contributed by atoms with Crippen molar-refractivity contribution in [1.29, 1.82) is 0 Å². The molecule has 2 aliphatic heterocycles. The highest BCUT2D eigenvalue weighted by Gasteiger charge is 2.55. The van der Waals surface area contributed by atoms with Crippen LogP contribution in [0, 0.1) is 10.8 Å². The molecule has 2 atom stereocenters. The minimum absolute atomic E-state index is 0.0182. The summed E-state index contributed by atoms with van der Waals surface area (Å²) in [6.45, 7) is 10.7. The van der Waals surface area contributed by atoms with Crippen molar-refractivity contribution in [2.24, 2.45) is 10.8 Å². The molecule has 2 aromatic rings. The Balaban J connectivity index is 1.80. The first-order valence-electron chi connectivity index (χ1n) is 10.8. The number of ether oxygens (including phenoxy) is 1. The van der Waals surface area contributed by atoms with Crippen molar-refractivity contribution < 1.29 is 14.3 Å². The summed E-state index contributed by atoms with van der Waals surface area (Å²) in [6, 6.07) is 19.0. The Labute approximate surface area is 184 Å². The number of hydrogen-bond donors (Lipinski definition) is 0. The molecular weight excluding hydrogens is 388 g/mol. The van der Waals surface area contributed by atoms with Crippen molar-refractivity contribution in [1.82, 2.24) is 10.0 Å². The van der Waals surface area contributed by atoms with Crippen LogP contribution in [0.25, 0.3) is 0 Å². The number of esters is 1. The first-order valence-corrected chi connectivity index (χ1v) is 10.8. The molecule has 0 aliphatic carbocycles. The fourth-order valence-corrected chi connectivity index (χ4v) is 4.62. The van der Waals surface area contributed by atoms with Crippen molar-refractivity contribution in [2.45, 2.75) is 53.1 Å². The van der Waals surface area contributed by atoms with Gasteiger partial charge in [-0.1, -0.05) is 83.1 Å². The number of carbonyl (C=O) groups excluding carboxylic acids is 2. The highest BCUT2D eigenvalue weighted by atomic mass is 16.5. The smallest absolute Gasteiger partial charge is 0.343 e. The van der Waals surface area contributed by atoms with E-state index in [1.165, 1.54) is 0 Å². The molecule has 5 nitrogen and oxygen atoms in total. The Kier molecular flexibility index (Phi) is 5.26. The Morgan fingerprint density at radius 2 is 1.58 bits per heavy atom. The number of hydrogen-bond acceptors (Lipinski definition) is 4. The molecule has 1 amide bonds. The molecule has 4 rings (SSSR count). The van der Waals surface area contributed by atoms with Crippen LogP contribution in [0.4, 0.5) is 0 Å². The molecule has 162 valence electrons. The third-order valence-corrected chi connectivity index (χ3v) is 6.34. The maximum absolute atomic E-state index is 13.1. The van der Waals surface area contributed by atoms with E-state index in [9.17, 15) is 9.59 Å². The number of rotatable bonds is 3. The van der Waals surface area contributed by atoms with Gasteiger partial charge in [0.15, 0.2) is 0 Å². The molecule has 1 fully saturated rings. The van der Waals surface area contributed by atoms with Crippen LogP contribution in [0.1, 0.15) is 63.0 Å². The predicted molar refractivity (Wildman–Crippen MR) is 119 cm³/mol. The lowest BCUT2D eigenvalue weighted by Gasteiger charge is -2.51. The number of benzene rings is 2. The van der Waals surface area contributed by atoms with Crippen molar-refractivity contribution >= 4 is 11.9 Å². The number of nitrogens with zero attached hydrogens (tertiary/aromatic N) is 2. The topological polar surface area (TPSA) is 49.9 Å². The predicted octanol–water partition coefficient (Wildman–Crippen LogP) is 5.33. The zero-order valence-electron chi connectivity index (χ0n) is 18.8. The Morgan fingerprint density at radius 3 is 2.16 bits per heavy atom. The van der Waals surface area contributed by atoms with Gasteiger partial charge in [-0.05, 0) is 23.1 Å². The fraction of sp³-hybridized carbons (Fsp3) is 0.385. The standard InChI is InChI=1S/C26H30N2O3/c1-25(2,3)20-16-22(29)27-17-21(31-24(30)19-14-10-7-11-15-19)26(4,5)23(28(20)27)18-12-8-6-9-13-18/h6-15,17,20,23H,16H2,1-5H3/t20-,23-/m1/s1. The summed E-state index contributed by atoms with van der Waals surface area (Å²) >= 11 is 0. The molecule has 0 aromatic heterocycles. The number of carbonyl (C=O) groups is 2. The SMILES string of the molecule is CC(C)(C)[C@H]1CC(=O)N2C=C(OC(=O)c3ccccc3)C(C)(C)[C@@H](c3ccccc3)N12. The van der Waals surface area contributed by atoms with Gasteiger partial charge in [-0.15, -0.1) is 0 Å². The van der Waals surface area contributed by atoms with Gasteiger partial charge in [0.1, 0.15) is 5.76 Å². The monoisotopic (exact) mass is 418 g/mol. The lowest BCUT2D eigenvalue weighted by molar-refractivity contribution is -0.147. The quantitative estimate of drug-likeness (QED) is 0.632. The van der Waals surface area contributed by atoms with Gasteiger partial charge < -0.3 is 4.74 Å². The maximum Gasteiger partial charge on any atom is 0.343 e. The molecule has 0 N–H and O–H groups in total. The Morgan fingerprint density at radius 1 is 1.00 bits per heavy atom. The lowest BCUT2D eigenvalue weighted by Crippen LogP contribution is -2.54. The van der Waals surface area contributed by atoms with Crippen LogP contribution in [-0.4, -0.2) is 27.9 Å². The number of fused-ring (bicyclic) bond motifs is 1. The van der Waals surface area contributed by atoms with E-state index in [2.05, 4.69) is 51.8 Å². The highest BCUT2D eigenvalue weighted by Crippen LogP contribution is 2.53. The maximum atomic E-state index is 13.1. The molecule has 0 spiro atoms. The molecular formula is C26H30N2O3. The van der Waals surface area contributed by atoms with E-state index in [4.69, 9.17) is 4.74 Å². The van der Waals surface area contributed by atoms with Crippen molar-refractivity contribution in [2.75, 3.05) is 0 Å². The van der Waals surface area contributed by atoms with Gasteiger partial charge in [-0.25, -0.2) is 14.8 Å². The lowest BCUT2D eigenvalue weighted by atomic mass is 9.75. The fourth-order valence-electron chi connectivity index (χ4n) is 4.62. The van der Waals surface area contributed by atoms with Gasteiger partial charge in [-0.2, -0.15) is 0 Å². The van der Waals surface area contributed by atoms with Gasteiger partial charge in [0.2, 0.25) is 5.91 Å². The molecule has 31 heavy (non-hydrogen) atoms. The second-order valence-corrected chi connectivity index (χ2v) is 9.99. The molecule has 2 aromatic carbocycles. The number of hydrazine groups is 1. The summed E-state index contributed by atoms with van der Waals surface area (Å²) in [6.07, 6.45) is 2.15. The van der Waals surface area contributed by atoms with Crippen LogP contribution in [0.2, 0.25) is 0 Å². The molecule has 2 heterocycles. The third-order valence-electron chi connectivity index (χ3n) is 6.34. The van der Waals surface area contributed by atoms with E-state index < -0.39 is 11.4 Å². The van der Waals surface area contributed by atoms with Gasteiger partial charge >= 0.3 is 5.97 Å². The summed E-state index contributed by atoms with van der Waals surface area (Å²) < 4.78 is 5.92. The highest BCUT2D eigenvalue weighted by molar-refractivity contribution is 5.90. The van der Waals surface area contributed by atoms with Crippen LogP contribution in [0.3, 0.4) is 0 Å². The number of amides is 1. The molecule has 2 aliphatic rings. The third kappa shape index (κ3) is 3.79. The normalized spacial score (nSPS) is 23.3. The second-order valence-electron chi connectivity index (χ2n) is 9.99. The molecule has 0 bridgehead atoms. The second kappa shape index (κ2) is 7.65. The van der Waals surface area contributed by atoms with Crippen molar-refractivity contribution in [3.8, 4) is 0 Å². The minimum atomic E-state index is -0.545. The first kappa shape index (κ1) is 21.3. The van der Waals surface area contributed by atoms with E-state index >= 15 is 0 Å². The summed E-state index contributed by atoms with van der Waals surface area (Å²) in [5, 5.41) is 3.87. The summed E-state index contributed by atoms with van der Waals surface area (Å²) in [5.74, 6) is 0.0955. The van der Waals surface area contributed by atoms with Gasteiger partial charge in [0.05, 0.1) is 17.8 Å². The van der Waals surface area contributed by atoms with E-state index in [1.54, 1.807) is 23.3 Å². The summed E-state index contributed by atoms with van der Waals surface area (Å²) in [7, 11) is 0. The summed E-state index contributed by atoms with van der Waals surface area (Å²) in [4.78, 5) is 25.9. The molecule has 5 heteroatoms. The zero-order chi connectivity index (χ0) is 22.4. The van der Waals surface area contributed by atoms with E-state index in [-0.39, 0.29) is 23.4 Å². The Hall–Kier alpha value is -2.92. The molecule has 1 saturated heterocycles. The Bertz CT molecular complexity index is 1010. The average Bonchev–Trinajstić information content (AvgIpc) is 3.05. The van der Waals surface area contributed by atoms with Crippen LogP contribution in [0.5, 0.6) is 0 Å². The van der Waals surface area contributed by atoms with Gasteiger partial charge in [0.25, 0.3) is 0 Å². The van der Waals surface area contributed by atoms with Crippen molar-refractivity contribution in [3.63, 3.8) is 0 Å². The van der Waals surface area contributed by atoms with E-state index in [1.807, 2.05) is 36.4 Å². The van der Waals surface area contributed by atoms with Crippen LogP contribution < -0.4 is 0 Å². The average molecular weight is 419 g/mol. The first-order chi connectivity index (χ1) is 14.6. The van der Waals surface area contributed by atoms with Crippen LogP contribution >= 0.6 is 0 Å². The van der Waals surface area contributed by atoms with Crippen LogP contribution in [0.15, 0.2) is 72.6 Å². The van der Waals surface area contributed by atoms with E-state index in [0.29, 0.717) is 17.7 Å². The van der Waals surface area contributed by atoms with Crippen LogP contribution in [-0.2, 0) is 9.53 Å².